The fraction of sp³-hybridized carbons (Fsp3) is 0. The summed E-state index contributed by atoms with van der Waals surface area (Å²) in [7, 11) is 0. The molecule has 0 unspecified atom stereocenters. The minimum Gasteiger partial charge on any atom is -0.447 e. The lowest BCUT2D eigenvalue weighted by Gasteiger charge is -2.03. The molecule has 1 N–H and O–H groups in total. The molecule has 2 aromatic carbocycles. The van der Waals surface area contributed by atoms with Gasteiger partial charge >= 0.3 is 0 Å². The zero-order chi connectivity index (χ0) is 11.7. The Bertz CT molecular complexity index is 643. The Balaban J connectivity index is 1.97. The number of nitrogens with one attached hydrogen (secondary N) is 1. The third-order valence-electron chi connectivity index (χ3n) is 2.61. The van der Waals surface area contributed by atoms with E-state index in [9.17, 15) is 0 Å². The zero-order valence-corrected chi connectivity index (χ0v) is 9.74. The van der Waals surface area contributed by atoms with Gasteiger partial charge in [-0.3, -0.25) is 0 Å². The Hall–Kier alpha value is -1.93. The van der Waals surface area contributed by atoms with Crippen molar-refractivity contribution in [3.63, 3.8) is 0 Å². The van der Waals surface area contributed by atoms with Gasteiger partial charge in [0.15, 0.2) is 0 Å². The number of halogens is 1. The molecule has 1 aromatic heterocycles. The first kappa shape index (κ1) is 10.2. The van der Waals surface area contributed by atoms with E-state index in [4.69, 9.17) is 16.0 Å². The second-order valence-corrected chi connectivity index (χ2v) is 4.22. The van der Waals surface area contributed by atoms with E-state index in [1.165, 1.54) is 0 Å². The van der Waals surface area contributed by atoms with Crippen LogP contribution in [0.3, 0.4) is 0 Å². The van der Waals surface area contributed by atoms with Gasteiger partial charge in [-0.15, -0.1) is 0 Å². The van der Waals surface area contributed by atoms with E-state index >= 15 is 0 Å². The Morgan fingerprint density at radius 1 is 0.941 bits per heavy atom. The fourth-order valence-electron chi connectivity index (χ4n) is 1.75. The second kappa shape index (κ2) is 4.15. The van der Waals surface area contributed by atoms with Crippen molar-refractivity contribution in [2.45, 2.75) is 0 Å². The summed E-state index contributed by atoms with van der Waals surface area (Å²) in [4.78, 5) is 0. The number of benzene rings is 2. The fourth-order valence-corrected chi connectivity index (χ4v) is 1.88. The van der Waals surface area contributed by atoms with Crippen LogP contribution >= 0.6 is 11.6 Å². The van der Waals surface area contributed by atoms with Crippen molar-refractivity contribution < 1.29 is 4.42 Å². The smallest absolute Gasteiger partial charge is 0.204 e. The molecule has 0 spiro atoms. The monoisotopic (exact) mass is 243 g/mol. The van der Waals surface area contributed by atoms with Crippen molar-refractivity contribution in [1.29, 1.82) is 0 Å². The third kappa shape index (κ3) is 1.99. The molecule has 0 aliphatic heterocycles. The summed E-state index contributed by atoms with van der Waals surface area (Å²) in [6, 6.07) is 15.5. The lowest BCUT2D eigenvalue weighted by Crippen LogP contribution is -1.87. The number of hydrogen-bond donors (Lipinski definition) is 1. The van der Waals surface area contributed by atoms with Crippen LogP contribution in [0.2, 0.25) is 5.02 Å². The molecule has 0 bridgehead atoms. The SMILES string of the molecule is Clc1ccc(Nc2occ3ccccc23)cc1. The van der Waals surface area contributed by atoms with Gasteiger partial charge in [-0.05, 0) is 30.3 Å². The van der Waals surface area contributed by atoms with Gasteiger partial charge in [0.25, 0.3) is 0 Å². The molecule has 0 aliphatic carbocycles. The number of furan rings is 1. The first-order chi connectivity index (χ1) is 8.33. The Morgan fingerprint density at radius 3 is 2.53 bits per heavy atom. The van der Waals surface area contributed by atoms with Gasteiger partial charge in [-0.2, -0.15) is 0 Å². The van der Waals surface area contributed by atoms with Gasteiger partial charge in [0, 0.05) is 21.5 Å². The molecule has 1 heterocycles. The van der Waals surface area contributed by atoms with Crippen LogP contribution in [0.5, 0.6) is 0 Å². The number of hydrogen-bond acceptors (Lipinski definition) is 2. The van der Waals surface area contributed by atoms with Crippen LogP contribution in [0.15, 0.2) is 59.2 Å². The van der Waals surface area contributed by atoms with E-state index in [1.807, 2.05) is 48.5 Å². The first-order valence-electron chi connectivity index (χ1n) is 5.32. The summed E-state index contributed by atoms with van der Waals surface area (Å²) in [5.74, 6) is 0.753. The minimum atomic E-state index is 0.722. The normalized spacial score (nSPS) is 10.6. The maximum absolute atomic E-state index is 5.84. The van der Waals surface area contributed by atoms with E-state index < -0.39 is 0 Å². The van der Waals surface area contributed by atoms with Gasteiger partial charge in [0.05, 0.1) is 0 Å². The first-order valence-corrected chi connectivity index (χ1v) is 5.69. The number of fused-ring (bicyclic) bond motifs is 1. The molecule has 17 heavy (non-hydrogen) atoms. The van der Waals surface area contributed by atoms with E-state index in [-0.39, 0.29) is 0 Å². The third-order valence-corrected chi connectivity index (χ3v) is 2.86. The number of anilines is 2. The van der Waals surface area contributed by atoms with Crippen molar-refractivity contribution in [3.8, 4) is 0 Å². The van der Waals surface area contributed by atoms with Gasteiger partial charge in [0.2, 0.25) is 5.88 Å². The molecule has 0 aliphatic rings. The Morgan fingerprint density at radius 2 is 1.71 bits per heavy atom. The molecule has 0 radical (unpaired) electrons. The van der Waals surface area contributed by atoms with Crippen LogP contribution < -0.4 is 5.32 Å². The van der Waals surface area contributed by atoms with Crippen molar-refractivity contribution in [2.24, 2.45) is 0 Å². The Kier molecular flexibility index (Phi) is 2.50. The van der Waals surface area contributed by atoms with E-state index in [2.05, 4.69) is 5.32 Å². The molecular weight excluding hydrogens is 234 g/mol. The van der Waals surface area contributed by atoms with Crippen molar-refractivity contribution in [3.05, 3.63) is 59.8 Å². The molecule has 0 saturated heterocycles. The van der Waals surface area contributed by atoms with Crippen LogP contribution in [0.25, 0.3) is 10.8 Å². The van der Waals surface area contributed by atoms with Crippen LogP contribution in [-0.2, 0) is 0 Å². The van der Waals surface area contributed by atoms with Crippen LogP contribution in [0, 0.1) is 0 Å². The minimum absolute atomic E-state index is 0.722. The quantitative estimate of drug-likeness (QED) is 0.697. The summed E-state index contributed by atoms with van der Waals surface area (Å²) in [5, 5.41) is 6.11. The zero-order valence-electron chi connectivity index (χ0n) is 8.98. The molecule has 3 aromatic rings. The predicted octanol–water partition coefficient (Wildman–Crippen LogP) is 4.83. The summed E-state index contributed by atoms with van der Waals surface area (Å²) in [5.41, 5.74) is 0.953. The molecule has 0 saturated carbocycles. The molecular formula is C14H10ClNO. The summed E-state index contributed by atoms with van der Waals surface area (Å²) >= 11 is 5.84. The highest BCUT2D eigenvalue weighted by Crippen LogP contribution is 2.28. The molecule has 2 nitrogen and oxygen atoms in total. The van der Waals surface area contributed by atoms with Crippen molar-refractivity contribution in [1.82, 2.24) is 0 Å². The molecule has 3 heteroatoms. The maximum atomic E-state index is 5.84. The largest absolute Gasteiger partial charge is 0.447 e. The average molecular weight is 244 g/mol. The van der Waals surface area contributed by atoms with Gasteiger partial charge in [-0.25, -0.2) is 0 Å². The lowest BCUT2D eigenvalue weighted by atomic mass is 10.2. The van der Waals surface area contributed by atoms with Crippen LogP contribution in [0.4, 0.5) is 11.6 Å². The van der Waals surface area contributed by atoms with Crippen LogP contribution in [-0.4, -0.2) is 0 Å². The highest BCUT2D eigenvalue weighted by Gasteiger charge is 2.04. The molecule has 0 atom stereocenters. The second-order valence-electron chi connectivity index (χ2n) is 3.78. The highest BCUT2D eigenvalue weighted by molar-refractivity contribution is 6.30. The number of rotatable bonds is 2. The molecule has 3 rings (SSSR count). The summed E-state index contributed by atoms with van der Waals surface area (Å²) in [6.45, 7) is 0. The molecule has 0 fully saturated rings. The lowest BCUT2D eigenvalue weighted by molar-refractivity contribution is 0.590. The topological polar surface area (TPSA) is 25.2 Å². The van der Waals surface area contributed by atoms with E-state index in [0.29, 0.717) is 0 Å². The summed E-state index contributed by atoms with van der Waals surface area (Å²) in [6.07, 6.45) is 1.74. The van der Waals surface area contributed by atoms with Gasteiger partial charge in [0.1, 0.15) is 6.26 Å². The van der Waals surface area contributed by atoms with Gasteiger partial charge in [-0.1, -0.05) is 29.8 Å². The van der Waals surface area contributed by atoms with Gasteiger partial charge < -0.3 is 9.73 Å². The molecule has 84 valence electrons. The summed E-state index contributed by atoms with van der Waals surface area (Å²) < 4.78 is 5.51. The van der Waals surface area contributed by atoms with E-state index in [0.717, 1.165) is 27.4 Å². The average Bonchev–Trinajstić information content (AvgIpc) is 2.76. The standard InChI is InChI=1S/C14H10ClNO/c15-11-5-7-12(8-6-11)16-14-13-4-2-1-3-10(13)9-17-14/h1-9,16H. The van der Waals surface area contributed by atoms with Crippen LogP contribution in [0.1, 0.15) is 0 Å². The maximum Gasteiger partial charge on any atom is 0.204 e. The Labute approximate surface area is 104 Å². The predicted molar refractivity (Wildman–Crippen MR) is 70.9 cm³/mol. The highest BCUT2D eigenvalue weighted by atomic mass is 35.5. The van der Waals surface area contributed by atoms with Crippen molar-refractivity contribution >= 4 is 33.9 Å². The van der Waals surface area contributed by atoms with E-state index in [1.54, 1.807) is 6.26 Å². The molecule has 0 amide bonds. The van der Waals surface area contributed by atoms with Crippen molar-refractivity contribution in [2.75, 3.05) is 5.32 Å².